The molecule has 1 aromatic heterocycles. The molecule has 0 radical (unpaired) electrons. The largest absolute Gasteiger partial charge is 0.368 e. The van der Waals surface area contributed by atoms with Gasteiger partial charge < -0.3 is 9.80 Å². The van der Waals surface area contributed by atoms with E-state index in [4.69, 9.17) is 11.6 Å². The van der Waals surface area contributed by atoms with Crippen molar-refractivity contribution in [2.24, 2.45) is 0 Å². The van der Waals surface area contributed by atoms with Crippen molar-refractivity contribution in [2.75, 3.05) is 31.1 Å². The van der Waals surface area contributed by atoms with E-state index in [2.05, 4.69) is 20.7 Å². The number of anilines is 1. The molecule has 2 aromatic rings. The fourth-order valence-electron chi connectivity index (χ4n) is 3.02. The summed E-state index contributed by atoms with van der Waals surface area (Å²) >= 11 is 6.04. The molecule has 1 aromatic carbocycles. The first kappa shape index (κ1) is 20.6. The fourth-order valence-corrected chi connectivity index (χ4v) is 3.20. The predicted molar refractivity (Wildman–Crippen MR) is 109 cm³/mol. The molecule has 8 nitrogen and oxygen atoms in total. The van der Waals surface area contributed by atoms with Gasteiger partial charge in [0.15, 0.2) is 0 Å². The molecular weight excluding hydrogens is 394 g/mol. The molecular formula is C20H22ClN5O3. The topological polar surface area (TPSA) is 94.6 Å². The summed E-state index contributed by atoms with van der Waals surface area (Å²) in [5.74, 6) is -1.02. The van der Waals surface area contributed by atoms with Crippen LogP contribution >= 0.6 is 11.6 Å². The zero-order chi connectivity index (χ0) is 20.6. The smallest absolute Gasteiger partial charge is 0.288 e. The van der Waals surface area contributed by atoms with Gasteiger partial charge in [-0.25, -0.2) is 0 Å². The van der Waals surface area contributed by atoms with Crippen LogP contribution in [0.4, 0.5) is 5.69 Å². The molecule has 0 atom stereocenters. The Kier molecular flexibility index (Phi) is 7.02. The number of piperazine rings is 1. The molecule has 1 fully saturated rings. The van der Waals surface area contributed by atoms with Crippen molar-refractivity contribution in [3.8, 4) is 0 Å². The van der Waals surface area contributed by atoms with E-state index >= 15 is 0 Å². The summed E-state index contributed by atoms with van der Waals surface area (Å²) in [6.07, 6.45) is 1.57. The van der Waals surface area contributed by atoms with Crippen molar-refractivity contribution in [2.45, 2.75) is 12.8 Å². The molecule has 2 heterocycles. The van der Waals surface area contributed by atoms with E-state index in [1.807, 2.05) is 24.3 Å². The Balaban J connectivity index is 1.37. The van der Waals surface area contributed by atoms with Gasteiger partial charge in [0.25, 0.3) is 5.91 Å². The molecule has 1 saturated heterocycles. The number of hydrogen-bond acceptors (Lipinski definition) is 5. The summed E-state index contributed by atoms with van der Waals surface area (Å²) in [5, 5.41) is 0.683. The number of hydrazine groups is 1. The fraction of sp³-hybridized carbons (Fsp3) is 0.300. The van der Waals surface area contributed by atoms with Crippen LogP contribution in [0.5, 0.6) is 0 Å². The van der Waals surface area contributed by atoms with Crippen LogP contribution in [0.1, 0.15) is 23.3 Å². The third kappa shape index (κ3) is 5.92. The van der Waals surface area contributed by atoms with E-state index in [1.165, 1.54) is 12.3 Å². The number of nitrogens with one attached hydrogen (secondary N) is 2. The number of nitrogens with zero attached hydrogens (tertiary/aromatic N) is 3. The second-order valence-electron chi connectivity index (χ2n) is 6.56. The minimum atomic E-state index is -0.512. The second kappa shape index (κ2) is 9.88. The number of amides is 3. The highest BCUT2D eigenvalue weighted by Crippen LogP contribution is 2.21. The SMILES string of the molecule is O=C(CCC(=O)N1CCN(c2cccc(Cl)c2)CC1)NNC(=O)c1ccccn1. The zero-order valence-corrected chi connectivity index (χ0v) is 16.6. The number of rotatable bonds is 5. The number of pyridine rings is 1. The van der Waals surface area contributed by atoms with E-state index in [9.17, 15) is 14.4 Å². The Morgan fingerprint density at radius 1 is 0.966 bits per heavy atom. The maximum Gasteiger partial charge on any atom is 0.288 e. The van der Waals surface area contributed by atoms with Gasteiger partial charge >= 0.3 is 0 Å². The molecule has 1 aliphatic rings. The Morgan fingerprint density at radius 2 is 1.76 bits per heavy atom. The van der Waals surface area contributed by atoms with Crippen LogP contribution in [0.2, 0.25) is 5.02 Å². The summed E-state index contributed by atoms with van der Waals surface area (Å²) in [5.41, 5.74) is 5.82. The Bertz CT molecular complexity index is 869. The van der Waals surface area contributed by atoms with E-state index in [0.29, 0.717) is 31.2 Å². The quantitative estimate of drug-likeness (QED) is 0.724. The number of halogens is 1. The minimum absolute atomic E-state index is 0.00413. The van der Waals surface area contributed by atoms with Crippen molar-refractivity contribution in [1.29, 1.82) is 0 Å². The minimum Gasteiger partial charge on any atom is -0.368 e. The number of carbonyl (C=O) groups is 3. The molecule has 0 bridgehead atoms. The van der Waals surface area contributed by atoms with Crippen molar-refractivity contribution in [1.82, 2.24) is 20.7 Å². The first-order chi connectivity index (χ1) is 14.0. The average Bonchev–Trinajstić information content (AvgIpc) is 2.76. The van der Waals surface area contributed by atoms with Crippen LogP contribution in [0.3, 0.4) is 0 Å². The van der Waals surface area contributed by atoms with Gasteiger partial charge in [-0.05, 0) is 30.3 Å². The van der Waals surface area contributed by atoms with Crippen molar-refractivity contribution in [3.63, 3.8) is 0 Å². The number of aromatic nitrogens is 1. The van der Waals surface area contributed by atoms with Gasteiger partial charge in [0, 0.05) is 55.9 Å². The standard InChI is InChI=1S/C20H22ClN5O3/c21-15-4-3-5-16(14-15)25-10-12-26(13-11-25)19(28)8-7-18(27)23-24-20(29)17-6-1-2-9-22-17/h1-6,9,14H,7-8,10-13H2,(H,23,27)(H,24,29). The molecule has 1 aliphatic heterocycles. The lowest BCUT2D eigenvalue weighted by Gasteiger charge is -2.36. The Morgan fingerprint density at radius 3 is 2.45 bits per heavy atom. The van der Waals surface area contributed by atoms with Gasteiger partial charge in [0.2, 0.25) is 11.8 Å². The van der Waals surface area contributed by atoms with E-state index in [0.717, 1.165) is 5.69 Å². The highest BCUT2D eigenvalue weighted by Gasteiger charge is 2.22. The Labute approximate surface area is 173 Å². The highest BCUT2D eigenvalue weighted by atomic mass is 35.5. The third-order valence-electron chi connectivity index (χ3n) is 4.58. The molecule has 152 valence electrons. The van der Waals surface area contributed by atoms with Gasteiger partial charge in [-0.2, -0.15) is 0 Å². The zero-order valence-electron chi connectivity index (χ0n) is 15.8. The number of carbonyl (C=O) groups excluding carboxylic acids is 3. The summed E-state index contributed by atoms with van der Waals surface area (Å²) in [4.78, 5) is 43.9. The average molecular weight is 416 g/mol. The number of benzene rings is 1. The van der Waals surface area contributed by atoms with Crippen molar-refractivity contribution >= 4 is 35.0 Å². The van der Waals surface area contributed by atoms with Crippen molar-refractivity contribution in [3.05, 3.63) is 59.4 Å². The summed E-state index contributed by atoms with van der Waals surface area (Å²) in [7, 11) is 0. The van der Waals surface area contributed by atoms with Crippen LogP contribution in [0.15, 0.2) is 48.7 Å². The lowest BCUT2D eigenvalue weighted by molar-refractivity contribution is -0.134. The maximum atomic E-state index is 12.4. The third-order valence-corrected chi connectivity index (χ3v) is 4.82. The highest BCUT2D eigenvalue weighted by molar-refractivity contribution is 6.30. The number of hydrogen-bond donors (Lipinski definition) is 2. The first-order valence-corrected chi connectivity index (χ1v) is 9.69. The van der Waals surface area contributed by atoms with Gasteiger partial charge in [-0.15, -0.1) is 0 Å². The van der Waals surface area contributed by atoms with Crippen LogP contribution in [-0.4, -0.2) is 53.8 Å². The van der Waals surface area contributed by atoms with Crippen LogP contribution in [0.25, 0.3) is 0 Å². The van der Waals surface area contributed by atoms with Crippen LogP contribution < -0.4 is 15.8 Å². The van der Waals surface area contributed by atoms with E-state index < -0.39 is 11.8 Å². The van der Waals surface area contributed by atoms with Gasteiger partial charge in [-0.1, -0.05) is 23.7 Å². The van der Waals surface area contributed by atoms with E-state index in [1.54, 1.807) is 17.0 Å². The predicted octanol–water partition coefficient (Wildman–Crippen LogP) is 1.62. The lowest BCUT2D eigenvalue weighted by atomic mass is 10.2. The van der Waals surface area contributed by atoms with Gasteiger partial charge in [0.05, 0.1) is 0 Å². The molecule has 0 unspecified atom stereocenters. The lowest BCUT2D eigenvalue weighted by Crippen LogP contribution is -2.49. The maximum absolute atomic E-state index is 12.4. The molecule has 9 heteroatoms. The van der Waals surface area contributed by atoms with E-state index in [-0.39, 0.29) is 24.4 Å². The Hall–Kier alpha value is -3.13. The van der Waals surface area contributed by atoms with Crippen molar-refractivity contribution < 1.29 is 14.4 Å². The van der Waals surface area contributed by atoms with Gasteiger partial charge in [-0.3, -0.25) is 30.2 Å². The van der Waals surface area contributed by atoms with Gasteiger partial charge in [0.1, 0.15) is 5.69 Å². The molecule has 2 N–H and O–H groups in total. The molecule has 0 saturated carbocycles. The normalized spacial score (nSPS) is 13.7. The second-order valence-corrected chi connectivity index (χ2v) is 7.00. The molecule has 3 amide bonds. The summed E-state index contributed by atoms with van der Waals surface area (Å²) in [6, 6.07) is 12.5. The molecule has 3 rings (SSSR count). The molecule has 29 heavy (non-hydrogen) atoms. The molecule has 0 aliphatic carbocycles. The monoisotopic (exact) mass is 415 g/mol. The summed E-state index contributed by atoms with van der Waals surface area (Å²) in [6.45, 7) is 2.59. The summed E-state index contributed by atoms with van der Waals surface area (Å²) < 4.78 is 0. The van der Waals surface area contributed by atoms with Crippen LogP contribution in [-0.2, 0) is 9.59 Å². The van der Waals surface area contributed by atoms with Crippen LogP contribution in [0, 0.1) is 0 Å². The molecule has 0 spiro atoms. The first-order valence-electron chi connectivity index (χ1n) is 9.31.